The van der Waals surface area contributed by atoms with Crippen LogP contribution in [0.25, 0.3) is 0 Å². The van der Waals surface area contributed by atoms with Gasteiger partial charge in [-0.05, 0) is 45.0 Å². The van der Waals surface area contributed by atoms with E-state index in [1.54, 1.807) is 13.0 Å². The average molecular weight is 267 g/mol. The second-order valence-electron chi connectivity index (χ2n) is 4.23. The van der Waals surface area contributed by atoms with Crippen molar-refractivity contribution in [3.05, 3.63) is 23.9 Å². The predicted octanol–water partition coefficient (Wildman–Crippen LogP) is 2.70. The Hall–Kier alpha value is -1.58. The van der Waals surface area contributed by atoms with Crippen molar-refractivity contribution >= 4 is 11.8 Å². The molecule has 0 fully saturated rings. The zero-order chi connectivity index (χ0) is 14.7. The van der Waals surface area contributed by atoms with E-state index >= 15 is 0 Å². The molecule has 4 heteroatoms. The molecule has 0 bridgehead atoms. The van der Waals surface area contributed by atoms with Crippen molar-refractivity contribution in [1.29, 1.82) is 0 Å². The summed E-state index contributed by atoms with van der Waals surface area (Å²) in [5, 5.41) is 0. The SMILES string of the molecule is CCCN(C=CC=C(C(C)=O)C(=O)OCC)CCC. The van der Waals surface area contributed by atoms with Gasteiger partial charge in [-0.1, -0.05) is 13.8 Å². The van der Waals surface area contributed by atoms with Crippen molar-refractivity contribution in [2.45, 2.75) is 40.5 Å². The molecule has 4 nitrogen and oxygen atoms in total. The first kappa shape index (κ1) is 17.4. The van der Waals surface area contributed by atoms with Crippen molar-refractivity contribution in [3.8, 4) is 0 Å². The molecule has 0 aliphatic heterocycles. The zero-order valence-electron chi connectivity index (χ0n) is 12.4. The molecule has 0 aromatic heterocycles. The molecule has 0 atom stereocenters. The number of esters is 1. The fraction of sp³-hybridized carbons (Fsp3) is 0.600. The molecule has 0 aliphatic rings. The Bertz CT molecular complexity index is 339. The largest absolute Gasteiger partial charge is 0.462 e. The molecule has 0 amide bonds. The highest BCUT2D eigenvalue weighted by atomic mass is 16.5. The number of Topliss-reactive ketones (excluding diaryl/α,β-unsaturated/α-hetero) is 1. The van der Waals surface area contributed by atoms with Crippen LogP contribution in [0.2, 0.25) is 0 Å². The van der Waals surface area contributed by atoms with Gasteiger partial charge in [0, 0.05) is 13.1 Å². The molecule has 0 radical (unpaired) electrons. The van der Waals surface area contributed by atoms with Crippen LogP contribution in [-0.2, 0) is 14.3 Å². The summed E-state index contributed by atoms with van der Waals surface area (Å²) in [6, 6.07) is 0. The van der Waals surface area contributed by atoms with Gasteiger partial charge in [0.05, 0.1) is 6.61 Å². The fourth-order valence-corrected chi connectivity index (χ4v) is 1.63. The monoisotopic (exact) mass is 267 g/mol. The van der Waals surface area contributed by atoms with Gasteiger partial charge in [-0.15, -0.1) is 0 Å². The molecule has 0 heterocycles. The van der Waals surface area contributed by atoms with Crippen LogP contribution in [0, 0.1) is 0 Å². The van der Waals surface area contributed by atoms with Gasteiger partial charge in [0.2, 0.25) is 0 Å². The quantitative estimate of drug-likeness (QED) is 0.212. The highest BCUT2D eigenvalue weighted by Gasteiger charge is 2.14. The normalized spacial score (nSPS) is 11.7. The summed E-state index contributed by atoms with van der Waals surface area (Å²) in [7, 11) is 0. The predicted molar refractivity (Wildman–Crippen MR) is 76.7 cm³/mol. The van der Waals surface area contributed by atoms with Gasteiger partial charge in [-0.3, -0.25) is 4.79 Å². The van der Waals surface area contributed by atoms with Crippen LogP contribution in [0.4, 0.5) is 0 Å². The zero-order valence-corrected chi connectivity index (χ0v) is 12.4. The highest BCUT2D eigenvalue weighted by molar-refractivity contribution is 6.16. The van der Waals surface area contributed by atoms with Crippen LogP contribution in [0.3, 0.4) is 0 Å². The third kappa shape index (κ3) is 7.44. The van der Waals surface area contributed by atoms with Gasteiger partial charge in [-0.2, -0.15) is 0 Å². The van der Waals surface area contributed by atoms with Gasteiger partial charge < -0.3 is 9.64 Å². The summed E-state index contributed by atoms with van der Waals surface area (Å²) in [5.74, 6) is -0.835. The molecule has 0 aliphatic carbocycles. The highest BCUT2D eigenvalue weighted by Crippen LogP contribution is 2.02. The molecule has 108 valence electrons. The summed E-state index contributed by atoms with van der Waals surface area (Å²) >= 11 is 0. The maximum atomic E-state index is 11.6. The number of rotatable bonds is 9. The number of hydrogen-bond acceptors (Lipinski definition) is 4. The third-order valence-electron chi connectivity index (χ3n) is 2.46. The van der Waals surface area contributed by atoms with Gasteiger partial charge >= 0.3 is 5.97 Å². The number of carbonyl (C=O) groups is 2. The van der Waals surface area contributed by atoms with E-state index in [4.69, 9.17) is 4.74 Å². The lowest BCUT2D eigenvalue weighted by molar-refractivity contribution is -0.139. The van der Waals surface area contributed by atoms with Gasteiger partial charge in [0.25, 0.3) is 0 Å². The average Bonchev–Trinajstić information content (AvgIpc) is 2.34. The number of hydrogen-bond donors (Lipinski definition) is 0. The van der Waals surface area contributed by atoms with Crippen LogP contribution in [-0.4, -0.2) is 36.3 Å². The topological polar surface area (TPSA) is 46.6 Å². The van der Waals surface area contributed by atoms with E-state index in [0.29, 0.717) is 0 Å². The summed E-state index contributed by atoms with van der Waals surface area (Å²) < 4.78 is 4.84. The molecule has 0 aromatic carbocycles. The minimum absolute atomic E-state index is 0.0889. The fourth-order valence-electron chi connectivity index (χ4n) is 1.63. The molecule has 0 saturated carbocycles. The Balaban J connectivity index is 4.75. The van der Waals surface area contributed by atoms with Crippen LogP contribution in [0.5, 0.6) is 0 Å². The first-order valence-electron chi connectivity index (χ1n) is 6.87. The Morgan fingerprint density at radius 2 is 1.68 bits per heavy atom. The van der Waals surface area contributed by atoms with E-state index < -0.39 is 5.97 Å². The van der Waals surface area contributed by atoms with Crippen LogP contribution < -0.4 is 0 Å². The second-order valence-corrected chi connectivity index (χ2v) is 4.23. The van der Waals surface area contributed by atoms with E-state index in [2.05, 4.69) is 18.7 Å². The molecule has 0 rings (SSSR count). The Morgan fingerprint density at radius 1 is 1.11 bits per heavy atom. The van der Waals surface area contributed by atoms with E-state index in [0.717, 1.165) is 25.9 Å². The molecule has 0 N–H and O–H groups in total. The molecule has 0 unspecified atom stereocenters. The van der Waals surface area contributed by atoms with Gasteiger partial charge in [-0.25, -0.2) is 4.79 Å². The van der Waals surface area contributed by atoms with Crippen molar-refractivity contribution in [2.24, 2.45) is 0 Å². The van der Waals surface area contributed by atoms with Crippen molar-refractivity contribution < 1.29 is 14.3 Å². The van der Waals surface area contributed by atoms with Crippen molar-refractivity contribution in [1.82, 2.24) is 4.90 Å². The van der Waals surface area contributed by atoms with Gasteiger partial charge in [0.1, 0.15) is 5.57 Å². The minimum Gasteiger partial charge on any atom is -0.462 e. The van der Waals surface area contributed by atoms with Crippen LogP contribution in [0.15, 0.2) is 23.9 Å². The van der Waals surface area contributed by atoms with Crippen LogP contribution in [0.1, 0.15) is 40.5 Å². The smallest absolute Gasteiger partial charge is 0.341 e. The van der Waals surface area contributed by atoms with Crippen molar-refractivity contribution in [3.63, 3.8) is 0 Å². The molecule has 0 saturated heterocycles. The molecule has 0 aromatic rings. The van der Waals surface area contributed by atoms with Crippen molar-refractivity contribution in [2.75, 3.05) is 19.7 Å². The first-order chi connectivity index (χ1) is 9.06. The maximum absolute atomic E-state index is 11.6. The Morgan fingerprint density at radius 3 is 2.11 bits per heavy atom. The lowest BCUT2D eigenvalue weighted by atomic mass is 10.2. The van der Waals surface area contributed by atoms with E-state index in [1.807, 2.05) is 6.20 Å². The molecule has 19 heavy (non-hydrogen) atoms. The first-order valence-corrected chi connectivity index (χ1v) is 6.87. The number of ketones is 1. The molecular formula is C15H25NO3. The van der Waals surface area contributed by atoms with E-state index in [1.165, 1.54) is 13.0 Å². The van der Waals surface area contributed by atoms with E-state index in [-0.39, 0.29) is 18.0 Å². The van der Waals surface area contributed by atoms with Gasteiger partial charge in [0.15, 0.2) is 5.78 Å². The third-order valence-corrected chi connectivity index (χ3v) is 2.46. The Kier molecular flexibility index (Phi) is 9.49. The van der Waals surface area contributed by atoms with E-state index in [9.17, 15) is 9.59 Å². The number of carbonyl (C=O) groups excluding carboxylic acids is 2. The number of ether oxygens (including phenoxy) is 1. The lowest BCUT2D eigenvalue weighted by Gasteiger charge is -2.17. The lowest BCUT2D eigenvalue weighted by Crippen LogP contribution is -2.18. The number of nitrogens with zero attached hydrogens (tertiary/aromatic N) is 1. The summed E-state index contributed by atoms with van der Waals surface area (Å²) in [5.41, 5.74) is 0.0889. The summed E-state index contributed by atoms with van der Waals surface area (Å²) in [6.07, 6.45) is 7.30. The molecular weight excluding hydrogens is 242 g/mol. The summed E-state index contributed by atoms with van der Waals surface area (Å²) in [6.45, 7) is 9.52. The van der Waals surface area contributed by atoms with Crippen LogP contribution >= 0.6 is 0 Å². The maximum Gasteiger partial charge on any atom is 0.341 e. The second kappa shape index (κ2) is 10.4. The molecule has 0 spiro atoms. The Labute approximate surface area is 116 Å². The number of allylic oxidation sites excluding steroid dienone is 2. The standard InChI is InChI=1S/C15H25NO3/c1-5-10-16(11-6-2)12-8-9-14(13(4)17)15(18)19-7-3/h8-9,12H,5-7,10-11H2,1-4H3. The summed E-state index contributed by atoms with van der Waals surface area (Å²) in [4.78, 5) is 25.1. The minimum atomic E-state index is -0.558.